The van der Waals surface area contributed by atoms with Crippen molar-refractivity contribution in [1.82, 2.24) is 0 Å². The van der Waals surface area contributed by atoms with Crippen LogP contribution in [-0.2, 0) is 6.42 Å². The summed E-state index contributed by atoms with van der Waals surface area (Å²) in [6.45, 7) is 3.32. The first-order valence-electron chi connectivity index (χ1n) is 6.50. The van der Waals surface area contributed by atoms with E-state index in [1.807, 2.05) is 12.1 Å². The van der Waals surface area contributed by atoms with Gasteiger partial charge in [-0.2, -0.15) is 0 Å². The van der Waals surface area contributed by atoms with Crippen LogP contribution in [0, 0.1) is 0 Å². The van der Waals surface area contributed by atoms with Crippen LogP contribution in [0.25, 0.3) is 0 Å². The van der Waals surface area contributed by atoms with Gasteiger partial charge in [0.05, 0.1) is 4.83 Å². The summed E-state index contributed by atoms with van der Waals surface area (Å²) in [6.07, 6.45) is 1.05. The Labute approximate surface area is 135 Å². The number of hydrogen-bond donors (Lipinski definition) is 0. The smallest absolute Gasteiger partial charge is 0.162 e. The quantitative estimate of drug-likeness (QED) is 0.687. The second kappa shape index (κ2) is 5.96. The molecule has 1 unspecified atom stereocenters. The molecule has 106 valence electrons. The molecule has 5 heteroatoms. The van der Waals surface area contributed by atoms with E-state index < -0.39 is 0 Å². The minimum atomic E-state index is 0.0797. The number of fused-ring (bicyclic) bond motifs is 1. The fourth-order valence-electron chi connectivity index (χ4n) is 2.15. The molecule has 2 aromatic rings. The van der Waals surface area contributed by atoms with Crippen molar-refractivity contribution in [3.8, 4) is 11.5 Å². The molecule has 0 fully saturated rings. The highest BCUT2D eigenvalue weighted by atomic mass is 79.9. The number of hydrogen-bond acceptors (Lipinski definition) is 3. The van der Waals surface area contributed by atoms with E-state index in [4.69, 9.17) is 21.1 Å². The molecular weight excluding hydrogens is 360 g/mol. The Hall–Kier alpha value is -0.710. The van der Waals surface area contributed by atoms with Gasteiger partial charge in [-0.3, -0.25) is 0 Å². The Bertz CT molecular complexity index is 626. The van der Waals surface area contributed by atoms with Crippen molar-refractivity contribution < 1.29 is 9.47 Å². The van der Waals surface area contributed by atoms with Crippen LogP contribution in [0.4, 0.5) is 0 Å². The number of rotatable bonds is 3. The summed E-state index contributed by atoms with van der Waals surface area (Å²) in [7, 11) is 0. The lowest BCUT2D eigenvalue weighted by atomic mass is 10.1. The first kappa shape index (κ1) is 14.2. The Morgan fingerprint density at radius 3 is 2.60 bits per heavy atom. The van der Waals surface area contributed by atoms with Crippen LogP contribution in [-0.4, -0.2) is 13.2 Å². The predicted molar refractivity (Wildman–Crippen MR) is 86.9 cm³/mol. The largest absolute Gasteiger partial charge is 0.486 e. The minimum Gasteiger partial charge on any atom is -0.486 e. The lowest BCUT2D eigenvalue weighted by Gasteiger charge is -2.21. The molecule has 0 N–H and O–H groups in total. The van der Waals surface area contributed by atoms with Gasteiger partial charge in [0, 0.05) is 20.8 Å². The van der Waals surface area contributed by atoms with Crippen molar-refractivity contribution in [2.75, 3.05) is 13.2 Å². The maximum Gasteiger partial charge on any atom is 0.162 e. The molecule has 1 aliphatic rings. The van der Waals surface area contributed by atoms with Crippen LogP contribution in [0.5, 0.6) is 11.5 Å². The number of alkyl halides is 1. The van der Waals surface area contributed by atoms with Gasteiger partial charge in [0.25, 0.3) is 0 Å². The molecule has 1 aromatic carbocycles. The van der Waals surface area contributed by atoms with Crippen LogP contribution in [0.2, 0.25) is 5.02 Å². The molecule has 0 saturated heterocycles. The summed E-state index contributed by atoms with van der Waals surface area (Å²) in [4.78, 5) is 2.70. The van der Waals surface area contributed by atoms with Gasteiger partial charge < -0.3 is 9.47 Å². The van der Waals surface area contributed by atoms with Crippen molar-refractivity contribution in [3.05, 3.63) is 44.6 Å². The van der Waals surface area contributed by atoms with Gasteiger partial charge in [0.1, 0.15) is 13.2 Å². The molecule has 1 aliphatic heterocycles. The molecule has 0 saturated carbocycles. The Morgan fingerprint density at radius 1 is 1.25 bits per heavy atom. The minimum absolute atomic E-state index is 0.0797. The van der Waals surface area contributed by atoms with Gasteiger partial charge in [0.2, 0.25) is 0 Å². The number of ether oxygens (including phenoxy) is 2. The highest BCUT2D eigenvalue weighted by Crippen LogP contribution is 2.43. The number of halogens is 2. The molecule has 2 nitrogen and oxygen atoms in total. The van der Waals surface area contributed by atoms with E-state index >= 15 is 0 Å². The molecule has 0 amide bonds. The number of benzene rings is 1. The van der Waals surface area contributed by atoms with Crippen LogP contribution in [0.15, 0.2) is 24.3 Å². The van der Waals surface area contributed by atoms with E-state index in [0.29, 0.717) is 18.2 Å². The van der Waals surface area contributed by atoms with E-state index in [1.165, 1.54) is 9.75 Å². The van der Waals surface area contributed by atoms with Gasteiger partial charge in [-0.05, 0) is 30.2 Å². The van der Waals surface area contributed by atoms with Gasteiger partial charge >= 0.3 is 0 Å². The van der Waals surface area contributed by atoms with Gasteiger partial charge in [-0.15, -0.1) is 11.3 Å². The first-order chi connectivity index (χ1) is 9.69. The predicted octanol–water partition coefficient (Wildman–Crippen LogP) is 5.22. The number of thiophene rings is 1. The molecule has 0 bridgehead atoms. The van der Waals surface area contributed by atoms with E-state index in [-0.39, 0.29) is 4.83 Å². The fourth-order valence-corrected chi connectivity index (χ4v) is 4.30. The summed E-state index contributed by atoms with van der Waals surface area (Å²) in [6, 6.07) is 8.13. The molecule has 2 heterocycles. The zero-order chi connectivity index (χ0) is 14.1. The standard InChI is InChI=1S/C15H14BrClO2S/c1-2-9-3-4-14(20-9)15(16)10-7-12-13(8-11(10)17)19-6-5-18-12/h3-4,7-8,15H,2,5-6H2,1H3. The Morgan fingerprint density at radius 2 is 1.95 bits per heavy atom. The molecule has 3 rings (SSSR count). The molecule has 1 atom stereocenters. The normalized spacial score (nSPS) is 15.2. The lowest BCUT2D eigenvalue weighted by Crippen LogP contribution is -2.15. The van der Waals surface area contributed by atoms with Crippen LogP contribution in [0.1, 0.15) is 27.1 Å². The number of aryl methyl sites for hydroxylation is 1. The summed E-state index contributed by atoms with van der Waals surface area (Å²) in [5, 5.41) is 0.697. The topological polar surface area (TPSA) is 18.5 Å². The summed E-state index contributed by atoms with van der Waals surface area (Å²) in [5.41, 5.74) is 1.01. The van der Waals surface area contributed by atoms with Crippen molar-refractivity contribution in [2.24, 2.45) is 0 Å². The zero-order valence-corrected chi connectivity index (χ0v) is 14.1. The Balaban J connectivity index is 1.96. The van der Waals surface area contributed by atoms with Gasteiger partial charge in [-0.25, -0.2) is 0 Å². The van der Waals surface area contributed by atoms with E-state index in [9.17, 15) is 0 Å². The summed E-state index contributed by atoms with van der Waals surface area (Å²) in [5.74, 6) is 1.50. The maximum atomic E-state index is 6.39. The van der Waals surface area contributed by atoms with Crippen molar-refractivity contribution in [1.29, 1.82) is 0 Å². The Kier molecular flexibility index (Phi) is 4.24. The highest BCUT2D eigenvalue weighted by molar-refractivity contribution is 9.09. The third kappa shape index (κ3) is 2.69. The second-order valence-corrected chi connectivity index (χ2v) is 7.06. The molecule has 0 spiro atoms. The summed E-state index contributed by atoms with van der Waals surface area (Å²) >= 11 is 11.9. The van der Waals surface area contributed by atoms with Crippen LogP contribution in [0.3, 0.4) is 0 Å². The molecule has 0 radical (unpaired) electrons. The SMILES string of the molecule is CCc1ccc(C(Br)c2cc3c(cc2Cl)OCCO3)s1. The third-order valence-electron chi connectivity index (χ3n) is 3.22. The summed E-state index contributed by atoms with van der Waals surface area (Å²) < 4.78 is 11.2. The van der Waals surface area contributed by atoms with Gasteiger partial charge in [-0.1, -0.05) is 34.5 Å². The first-order valence-corrected chi connectivity index (χ1v) is 8.61. The van der Waals surface area contributed by atoms with Crippen molar-refractivity contribution in [3.63, 3.8) is 0 Å². The van der Waals surface area contributed by atoms with E-state index in [1.54, 1.807) is 11.3 Å². The highest BCUT2D eigenvalue weighted by Gasteiger charge is 2.21. The third-order valence-corrected chi connectivity index (χ3v) is 6.13. The van der Waals surface area contributed by atoms with Crippen LogP contribution < -0.4 is 9.47 Å². The van der Waals surface area contributed by atoms with Crippen molar-refractivity contribution >= 4 is 38.9 Å². The monoisotopic (exact) mass is 372 g/mol. The molecule has 0 aliphatic carbocycles. The zero-order valence-electron chi connectivity index (χ0n) is 11.0. The molecule has 20 heavy (non-hydrogen) atoms. The fraction of sp³-hybridized carbons (Fsp3) is 0.333. The maximum absolute atomic E-state index is 6.39. The van der Waals surface area contributed by atoms with Gasteiger partial charge in [0.15, 0.2) is 11.5 Å². The van der Waals surface area contributed by atoms with E-state index in [0.717, 1.165) is 23.5 Å². The molecule has 1 aromatic heterocycles. The lowest BCUT2D eigenvalue weighted by molar-refractivity contribution is 0.171. The average molecular weight is 374 g/mol. The van der Waals surface area contributed by atoms with Crippen LogP contribution >= 0.6 is 38.9 Å². The molecular formula is C15H14BrClO2S. The second-order valence-electron chi connectivity index (χ2n) is 4.54. The van der Waals surface area contributed by atoms with E-state index in [2.05, 4.69) is 35.0 Å². The average Bonchev–Trinajstić information content (AvgIpc) is 2.94. The van der Waals surface area contributed by atoms with Crippen molar-refractivity contribution in [2.45, 2.75) is 18.2 Å².